The van der Waals surface area contributed by atoms with Crippen molar-refractivity contribution in [2.24, 2.45) is 5.92 Å². The quantitative estimate of drug-likeness (QED) is 0.474. The van der Waals surface area contributed by atoms with Crippen molar-refractivity contribution in [1.82, 2.24) is 14.9 Å². The third kappa shape index (κ3) is 5.16. The van der Waals surface area contributed by atoms with Gasteiger partial charge in [-0.2, -0.15) is 0 Å². The molecule has 3 N–H and O–H groups in total. The lowest BCUT2D eigenvalue weighted by atomic mass is 9.98. The van der Waals surface area contributed by atoms with Gasteiger partial charge in [0.25, 0.3) is 0 Å². The molecule has 0 saturated carbocycles. The fraction of sp³-hybridized carbons (Fsp3) is 0.500. The number of fused-ring (bicyclic) bond motifs is 1. The zero-order valence-electron chi connectivity index (χ0n) is 18.1. The van der Waals surface area contributed by atoms with E-state index >= 15 is 0 Å². The topological polar surface area (TPSA) is 112 Å². The first-order valence-electron chi connectivity index (χ1n) is 10.8. The Hall–Kier alpha value is -2.78. The van der Waals surface area contributed by atoms with Gasteiger partial charge in [0.2, 0.25) is 0 Å². The lowest BCUT2D eigenvalue weighted by Crippen LogP contribution is -2.38. The predicted molar refractivity (Wildman–Crippen MR) is 122 cm³/mol. The SMILES string of the molecule is Cc1nccnc1NCCN1CCC(COC(=O)c2cc(Cl)c(N)c3c2OCCO3)CC1. The van der Waals surface area contributed by atoms with Gasteiger partial charge in [-0.1, -0.05) is 11.6 Å². The second-order valence-corrected chi connectivity index (χ2v) is 8.38. The van der Waals surface area contributed by atoms with E-state index in [9.17, 15) is 4.79 Å². The Bertz CT molecular complexity index is 966. The van der Waals surface area contributed by atoms with Gasteiger partial charge in [-0.3, -0.25) is 4.98 Å². The number of nitrogens with one attached hydrogen (secondary N) is 1. The number of nitrogens with two attached hydrogens (primary N) is 1. The molecule has 0 aliphatic carbocycles. The molecule has 1 aromatic carbocycles. The maximum absolute atomic E-state index is 12.7. The van der Waals surface area contributed by atoms with Crippen LogP contribution in [0.1, 0.15) is 28.9 Å². The van der Waals surface area contributed by atoms with Crippen molar-refractivity contribution in [3.63, 3.8) is 0 Å². The first-order valence-corrected chi connectivity index (χ1v) is 11.2. The normalized spacial score (nSPS) is 16.6. The minimum atomic E-state index is -0.473. The van der Waals surface area contributed by atoms with Crippen molar-refractivity contribution >= 4 is 29.1 Å². The number of nitrogens with zero attached hydrogens (tertiary/aromatic N) is 3. The number of aryl methyl sites for hydroxylation is 1. The first-order chi connectivity index (χ1) is 15.5. The highest BCUT2D eigenvalue weighted by Crippen LogP contribution is 2.43. The van der Waals surface area contributed by atoms with E-state index in [0.29, 0.717) is 37.2 Å². The van der Waals surface area contributed by atoms with E-state index in [2.05, 4.69) is 20.2 Å². The largest absolute Gasteiger partial charge is 0.485 e. The molecule has 0 atom stereocenters. The molecule has 0 amide bonds. The molecule has 32 heavy (non-hydrogen) atoms. The Morgan fingerprint density at radius 3 is 2.72 bits per heavy atom. The van der Waals surface area contributed by atoms with Crippen molar-refractivity contribution in [2.75, 3.05) is 57.1 Å². The van der Waals surface area contributed by atoms with Crippen LogP contribution >= 0.6 is 11.6 Å². The Kier molecular flexibility index (Phi) is 7.16. The fourth-order valence-electron chi connectivity index (χ4n) is 3.91. The Morgan fingerprint density at radius 2 is 1.97 bits per heavy atom. The standard InChI is InChI=1S/C22H28ClN5O4/c1-14-21(26-5-4-25-14)27-6-9-28-7-2-15(3-8-28)13-32-22(29)16-12-17(23)18(24)20-19(16)30-10-11-31-20/h4-5,12,15H,2-3,6-11,13,24H2,1H3,(H,26,27). The highest BCUT2D eigenvalue weighted by molar-refractivity contribution is 6.34. The van der Waals surface area contributed by atoms with E-state index in [1.54, 1.807) is 12.4 Å². The molecule has 1 saturated heterocycles. The van der Waals surface area contributed by atoms with Crippen LogP contribution in [0.4, 0.5) is 11.5 Å². The van der Waals surface area contributed by atoms with Crippen molar-refractivity contribution in [3.8, 4) is 11.5 Å². The van der Waals surface area contributed by atoms with Gasteiger partial charge in [0, 0.05) is 25.5 Å². The van der Waals surface area contributed by atoms with E-state index in [0.717, 1.165) is 50.5 Å². The molecule has 9 nitrogen and oxygen atoms in total. The smallest absolute Gasteiger partial charge is 0.342 e. The van der Waals surface area contributed by atoms with E-state index in [-0.39, 0.29) is 16.3 Å². The average Bonchev–Trinajstić information content (AvgIpc) is 2.82. The van der Waals surface area contributed by atoms with Crippen LogP contribution in [0, 0.1) is 12.8 Å². The number of piperidine rings is 1. The maximum Gasteiger partial charge on any atom is 0.342 e. The zero-order valence-corrected chi connectivity index (χ0v) is 18.9. The van der Waals surface area contributed by atoms with Gasteiger partial charge in [0.15, 0.2) is 11.5 Å². The van der Waals surface area contributed by atoms with Crippen LogP contribution in [0.25, 0.3) is 0 Å². The fourth-order valence-corrected chi connectivity index (χ4v) is 4.11. The van der Waals surface area contributed by atoms with Crippen LogP contribution in [0.5, 0.6) is 11.5 Å². The van der Waals surface area contributed by atoms with Crippen molar-refractivity contribution in [1.29, 1.82) is 0 Å². The first kappa shape index (κ1) is 22.4. The number of anilines is 2. The van der Waals surface area contributed by atoms with E-state index in [1.807, 2.05) is 6.92 Å². The Labute approximate surface area is 192 Å². The van der Waals surface area contributed by atoms with E-state index < -0.39 is 5.97 Å². The summed E-state index contributed by atoms with van der Waals surface area (Å²) in [5, 5.41) is 3.59. The van der Waals surface area contributed by atoms with Crippen LogP contribution in [0.15, 0.2) is 18.5 Å². The molecule has 0 unspecified atom stereocenters. The lowest BCUT2D eigenvalue weighted by Gasteiger charge is -2.31. The van der Waals surface area contributed by atoms with Crippen LogP contribution in [-0.4, -0.2) is 66.8 Å². The summed E-state index contributed by atoms with van der Waals surface area (Å²) in [7, 11) is 0. The molecular weight excluding hydrogens is 434 g/mol. The number of aromatic nitrogens is 2. The number of rotatable bonds is 7. The van der Waals surface area contributed by atoms with Crippen LogP contribution in [-0.2, 0) is 4.74 Å². The van der Waals surface area contributed by atoms with Crippen molar-refractivity contribution in [3.05, 3.63) is 34.7 Å². The number of esters is 1. The summed E-state index contributed by atoms with van der Waals surface area (Å²) in [4.78, 5) is 23.6. The minimum absolute atomic E-state index is 0.250. The molecule has 4 rings (SSSR count). The molecule has 0 spiro atoms. The lowest BCUT2D eigenvalue weighted by molar-refractivity contribution is 0.0366. The summed E-state index contributed by atoms with van der Waals surface area (Å²) in [6.07, 6.45) is 5.32. The summed E-state index contributed by atoms with van der Waals surface area (Å²) >= 11 is 6.16. The molecule has 1 fully saturated rings. The van der Waals surface area contributed by atoms with Gasteiger partial charge in [0.05, 0.1) is 23.0 Å². The summed E-state index contributed by atoms with van der Waals surface area (Å²) in [5.41, 5.74) is 7.37. The number of likely N-dealkylation sites (tertiary alicyclic amines) is 1. The Balaban J connectivity index is 1.23. The molecular formula is C22H28ClN5O4. The van der Waals surface area contributed by atoms with Crippen LogP contribution in [0.2, 0.25) is 5.02 Å². The molecule has 3 heterocycles. The monoisotopic (exact) mass is 461 g/mol. The summed E-state index contributed by atoms with van der Waals surface area (Å²) in [5.74, 6) is 1.30. The maximum atomic E-state index is 12.7. The highest BCUT2D eigenvalue weighted by atomic mass is 35.5. The average molecular weight is 462 g/mol. The molecule has 2 aromatic rings. The van der Waals surface area contributed by atoms with Gasteiger partial charge in [-0.15, -0.1) is 0 Å². The predicted octanol–water partition coefficient (Wildman–Crippen LogP) is 2.77. The van der Waals surface area contributed by atoms with E-state index in [4.69, 9.17) is 31.5 Å². The number of ether oxygens (including phenoxy) is 3. The van der Waals surface area contributed by atoms with Crippen LogP contribution in [0.3, 0.4) is 0 Å². The van der Waals surface area contributed by atoms with Crippen molar-refractivity contribution < 1.29 is 19.0 Å². The molecule has 2 aliphatic rings. The van der Waals surface area contributed by atoms with Gasteiger partial charge < -0.3 is 30.2 Å². The number of hydrogen-bond donors (Lipinski definition) is 2. The van der Waals surface area contributed by atoms with Gasteiger partial charge in [-0.05, 0) is 44.8 Å². The van der Waals surface area contributed by atoms with Crippen LogP contribution < -0.4 is 20.5 Å². The van der Waals surface area contributed by atoms with Gasteiger partial charge in [-0.25, -0.2) is 9.78 Å². The van der Waals surface area contributed by atoms with Gasteiger partial charge in [0.1, 0.15) is 24.6 Å². The summed E-state index contributed by atoms with van der Waals surface area (Å²) in [6.45, 7) is 6.67. The van der Waals surface area contributed by atoms with Crippen molar-refractivity contribution in [2.45, 2.75) is 19.8 Å². The number of halogens is 1. The number of hydrogen-bond acceptors (Lipinski definition) is 9. The third-order valence-corrected chi connectivity index (χ3v) is 6.09. The second kappa shape index (κ2) is 10.2. The number of carbonyl (C=O) groups is 1. The molecule has 0 bridgehead atoms. The number of carbonyl (C=O) groups excluding carboxylic acids is 1. The number of benzene rings is 1. The zero-order chi connectivity index (χ0) is 22.5. The number of nitrogen functional groups attached to an aromatic ring is 1. The minimum Gasteiger partial charge on any atom is -0.485 e. The summed E-state index contributed by atoms with van der Waals surface area (Å²) in [6, 6.07) is 1.49. The molecule has 0 radical (unpaired) electrons. The second-order valence-electron chi connectivity index (χ2n) is 7.98. The molecule has 2 aliphatic heterocycles. The van der Waals surface area contributed by atoms with Gasteiger partial charge >= 0.3 is 5.97 Å². The highest BCUT2D eigenvalue weighted by Gasteiger charge is 2.27. The molecule has 1 aromatic heterocycles. The third-order valence-electron chi connectivity index (χ3n) is 5.78. The molecule has 10 heteroatoms. The van der Waals surface area contributed by atoms with E-state index in [1.165, 1.54) is 6.07 Å². The molecule has 172 valence electrons. The Morgan fingerprint density at radius 1 is 1.25 bits per heavy atom. The summed E-state index contributed by atoms with van der Waals surface area (Å²) < 4.78 is 16.7.